The van der Waals surface area contributed by atoms with E-state index in [-0.39, 0.29) is 11.7 Å². The second-order valence-corrected chi connectivity index (χ2v) is 7.39. The minimum atomic E-state index is -3.49. The molecular formula is C12H16Cl2O3S. The smallest absolute Gasteiger partial charge is 0.232 e. The highest BCUT2D eigenvalue weighted by Crippen LogP contribution is 2.19. The average molecular weight is 311 g/mol. The van der Waals surface area contributed by atoms with Crippen molar-refractivity contribution in [2.75, 3.05) is 12.4 Å². The Balaban J connectivity index is 2.57. The number of halogens is 2. The van der Waals surface area contributed by atoms with Crippen molar-refractivity contribution in [2.24, 2.45) is 5.92 Å². The fourth-order valence-electron chi connectivity index (χ4n) is 1.68. The molecule has 0 N–H and O–H groups in total. The lowest BCUT2D eigenvalue weighted by Crippen LogP contribution is -2.19. The van der Waals surface area contributed by atoms with Crippen molar-refractivity contribution in [3.8, 4) is 5.75 Å². The topological polar surface area (TPSA) is 43.4 Å². The van der Waals surface area contributed by atoms with Crippen molar-refractivity contribution in [1.82, 2.24) is 0 Å². The van der Waals surface area contributed by atoms with Crippen LogP contribution in [-0.4, -0.2) is 20.8 Å². The van der Waals surface area contributed by atoms with Crippen LogP contribution >= 0.6 is 22.3 Å². The van der Waals surface area contributed by atoms with Crippen LogP contribution in [0.25, 0.3) is 0 Å². The van der Waals surface area contributed by atoms with Crippen LogP contribution in [-0.2, 0) is 9.05 Å². The standard InChI is InChI=1S/C12H16Cl2O3S/c1-2-4-10(9-18(14,15)16)8-17-12-6-3-5-11(13)7-12/h3,5-7,10H,2,4,8-9H2,1H3. The fraction of sp³-hybridized carbons (Fsp3) is 0.500. The van der Waals surface area contributed by atoms with Gasteiger partial charge in [0.2, 0.25) is 9.05 Å². The summed E-state index contributed by atoms with van der Waals surface area (Å²) in [7, 11) is 1.77. The SMILES string of the molecule is CCCC(COc1cccc(Cl)c1)CS(=O)(=O)Cl. The molecule has 0 amide bonds. The molecule has 0 aliphatic heterocycles. The van der Waals surface area contributed by atoms with Crippen LogP contribution in [0.3, 0.4) is 0 Å². The van der Waals surface area contributed by atoms with E-state index in [0.717, 1.165) is 12.8 Å². The Bertz CT molecular complexity index is 474. The maximum atomic E-state index is 11.1. The van der Waals surface area contributed by atoms with Gasteiger partial charge in [-0.05, 0) is 24.6 Å². The van der Waals surface area contributed by atoms with E-state index in [4.69, 9.17) is 27.0 Å². The van der Waals surface area contributed by atoms with E-state index in [1.54, 1.807) is 24.3 Å². The summed E-state index contributed by atoms with van der Waals surface area (Å²) in [5.41, 5.74) is 0. The van der Waals surface area contributed by atoms with Crippen molar-refractivity contribution < 1.29 is 13.2 Å². The number of benzene rings is 1. The number of hydrogen-bond acceptors (Lipinski definition) is 3. The molecule has 0 bridgehead atoms. The molecule has 0 fully saturated rings. The minimum Gasteiger partial charge on any atom is -0.493 e. The van der Waals surface area contributed by atoms with Crippen molar-refractivity contribution in [3.05, 3.63) is 29.3 Å². The molecule has 1 aromatic carbocycles. The molecule has 3 nitrogen and oxygen atoms in total. The lowest BCUT2D eigenvalue weighted by atomic mass is 10.1. The van der Waals surface area contributed by atoms with E-state index in [2.05, 4.69) is 0 Å². The molecule has 1 unspecified atom stereocenters. The predicted octanol–water partition coefficient (Wildman–Crippen LogP) is 3.70. The Labute approximate surface area is 117 Å². The van der Waals surface area contributed by atoms with Crippen molar-refractivity contribution >= 4 is 31.3 Å². The normalized spacial score (nSPS) is 13.3. The quantitative estimate of drug-likeness (QED) is 0.721. The van der Waals surface area contributed by atoms with Crippen LogP contribution in [0.1, 0.15) is 19.8 Å². The van der Waals surface area contributed by atoms with Gasteiger partial charge in [0.1, 0.15) is 5.75 Å². The monoisotopic (exact) mass is 310 g/mol. The van der Waals surface area contributed by atoms with E-state index >= 15 is 0 Å². The first-order chi connectivity index (χ1) is 8.40. The molecule has 0 saturated heterocycles. The van der Waals surface area contributed by atoms with Crippen molar-refractivity contribution in [2.45, 2.75) is 19.8 Å². The molecular weight excluding hydrogens is 295 g/mol. The summed E-state index contributed by atoms with van der Waals surface area (Å²) in [6, 6.07) is 7.01. The molecule has 0 aliphatic rings. The lowest BCUT2D eigenvalue weighted by molar-refractivity contribution is 0.253. The first-order valence-electron chi connectivity index (χ1n) is 5.71. The zero-order chi connectivity index (χ0) is 13.6. The minimum absolute atomic E-state index is 0.0665. The maximum Gasteiger partial charge on any atom is 0.232 e. The summed E-state index contributed by atoms with van der Waals surface area (Å²) in [5.74, 6) is 0.468. The first kappa shape index (κ1) is 15.6. The highest BCUT2D eigenvalue weighted by Gasteiger charge is 2.17. The van der Waals surface area contributed by atoms with Crippen LogP contribution < -0.4 is 4.74 Å². The number of ether oxygens (including phenoxy) is 1. The maximum absolute atomic E-state index is 11.1. The molecule has 0 aromatic heterocycles. The Morgan fingerprint density at radius 2 is 2.11 bits per heavy atom. The van der Waals surface area contributed by atoms with Crippen molar-refractivity contribution in [1.29, 1.82) is 0 Å². The van der Waals surface area contributed by atoms with E-state index in [0.29, 0.717) is 17.4 Å². The molecule has 102 valence electrons. The molecule has 0 aliphatic carbocycles. The second kappa shape index (κ2) is 7.22. The van der Waals surface area contributed by atoms with Gasteiger partial charge in [-0.1, -0.05) is 31.0 Å². The molecule has 0 heterocycles. The van der Waals surface area contributed by atoms with Gasteiger partial charge in [-0.2, -0.15) is 0 Å². The molecule has 0 radical (unpaired) electrons. The highest BCUT2D eigenvalue weighted by atomic mass is 35.7. The Morgan fingerprint density at radius 1 is 1.39 bits per heavy atom. The van der Waals surface area contributed by atoms with Gasteiger partial charge in [-0.25, -0.2) is 8.42 Å². The van der Waals surface area contributed by atoms with E-state index in [9.17, 15) is 8.42 Å². The lowest BCUT2D eigenvalue weighted by Gasteiger charge is -2.15. The summed E-state index contributed by atoms with van der Waals surface area (Å²) in [4.78, 5) is 0. The zero-order valence-corrected chi connectivity index (χ0v) is 12.4. The van der Waals surface area contributed by atoms with Crippen LogP contribution in [0.5, 0.6) is 5.75 Å². The molecule has 0 saturated carbocycles. The van der Waals surface area contributed by atoms with Crippen LogP contribution in [0, 0.1) is 5.92 Å². The van der Waals surface area contributed by atoms with Gasteiger partial charge in [0.15, 0.2) is 0 Å². The molecule has 18 heavy (non-hydrogen) atoms. The van der Waals surface area contributed by atoms with Gasteiger partial charge in [-0.3, -0.25) is 0 Å². The summed E-state index contributed by atoms with van der Waals surface area (Å²) in [5, 5.41) is 0.588. The summed E-state index contributed by atoms with van der Waals surface area (Å²) in [6.07, 6.45) is 1.64. The molecule has 6 heteroatoms. The van der Waals surface area contributed by atoms with Gasteiger partial charge < -0.3 is 4.74 Å². The third-order valence-electron chi connectivity index (χ3n) is 2.41. The van der Waals surface area contributed by atoms with E-state index < -0.39 is 9.05 Å². The summed E-state index contributed by atoms with van der Waals surface area (Å²) < 4.78 is 27.7. The van der Waals surface area contributed by atoms with Crippen LogP contribution in [0.15, 0.2) is 24.3 Å². The summed E-state index contributed by atoms with van der Waals surface area (Å²) >= 11 is 5.83. The van der Waals surface area contributed by atoms with Gasteiger partial charge in [-0.15, -0.1) is 0 Å². The molecule has 1 rings (SSSR count). The first-order valence-corrected chi connectivity index (χ1v) is 8.57. The Kier molecular flexibility index (Phi) is 6.26. The number of hydrogen-bond donors (Lipinski definition) is 0. The third kappa shape index (κ3) is 6.47. The second-order valence-electron chi connectivity index (χ2n) is 4.13. The van der Waals surface area contributed by atoms with Gasteiger partial charge >= 0.3 is 0 Å². The zero-order valence-electron chi connectivity index (χ0n) is 10.1. The predicted molar refractivity (Wildman–Crippen MR) is 75.0 cm³/mol. The Hall–Kier alpha value is -0.450. The van der Waals surface area contributed by atoms with Gasteiger partial charge in [0.05, 0.1) is 12.4 Å². The van der Waals surface area contributed by atoms with E-state index in [1.807, 2.05) is 6.92 Å². The fourth-order valence-corrected chi connectivity index (χ4v) is 3.22. The van der Waals surface area contributed by atoms with Gasteiger partial charge in [0, 0.05) is 21.6 Å². The summed E-state index contributed by atoms with van der Waals surface area (Å²) in [6.45, 7) is 2.31. The van der Waals surface area contributed by atoms with Gasteiger partial charge in [0.25, 0.3) is 0 Å². The van der Waals surface area contributed by atoms with E-state index in [1.165, 1.54) is 0 Å². The average Bonchev–Trinajstić information content (AvgIpc) is 2.24. The van der Waals surface area contributed by atoms with Crippen LogP contribution in [0.4, 0.5) is 0 Å². The molecule has 1 aromatic rings. The Morgan fingerprint density at radius 3 is 2.67 bits per heavy atom. The largest absolute Gasteiger partial charge is 0.493 e. The van der Waals surface area contributed by atoms with Crippen LogP contribution in [0.2, 0.25) is 5.02 Å². The highest BCUT2D eigenvalue weighted by molar-refractivity contribution is 8.13. The van der Waals surface area contributed by atoms with Crippen molar-refractivity contribution in [3.63, 3.8) is 0 Å². The molecule has 0 spiro atoms. The number of rotatable bonds is 7. The molecule has 1 atom stereocenters. The third-order valence-corrected chi connectivity index (χ3v) is 3.90.